The van der Waals surface area contributed by atoms with Crippen LogP contribution in [0.15, 0.2) is 48.5 Å². The number of rotatable bonds is 11. The topological polar surface area (TPSA) is 97.2 Å². The highest BCUT2D eigenvalue weighted by Gasteiger charge is 2.27. The lowest BCUT2D eigenvalue weighted by Gasteiger charge is -2.27. The van der Waals surface area contributed by atoms with E-state index in [-0.39, 0.29) is 19.8 Å². The smallest absolute Gasteiger partial charge is 0.412 e. The SMILES string of the molecule is CCO[C@@H](CCO)[C@@H](OC(=O)Nc1ccc(C)cc1)c1ccc(OCCO)cc1. The van der Waals surface area contributed by atoms with Crippen LogP contribution in [0.5, 0.6) is 5.75 Å². The first kappa shape index (κ1) is 22.7. The molecule has 0 radical (unpaired) electrons. The van der Waals surface area contributed by atoms with E-state index in [1.807, 2.05) is 26.0 Å². The van der Waals surface area contributed by atoms with E-state index >= 15 is 0 Å². The van der Waals surface area contributed by atoms with Gasteiger partial charge in [0, 0.05) is 25.3 Å². The van der Waals surface area contributed by atoms with Crippen molar-refractivity contribution in [3.05, 3.63) is 59.7 Å². The molecule has 0 aromatic heterocycles. The van der Waals surface area contributed by atoms with Crippen LogP contribution in [-0.2, 0) is 9.47 Å². The summed E-state index contributed by atoms with van der Waals surface area (Å²) in [4.78, 5) is 12.5. The van der Waals surface area contributed by atoms with Crippen LogP contribution < -0.4 is 10.1 Å². The number of anilines is 1. The number of aliphatic hydroxyl groups is 2. The molecule has 0 aliphatic heterocycles. The molecule has 0 spiro atoms. The molecule has 0 saturated heterocycles. The van der Waals surface area contributed by atoms with E-state index < -0.39 is 18.3 Å². The summed E-state index contributed by atoms with van der Waals surface area (Å²) in [6, 6.07) is 14.4. The quantitative estimate of drug-likeness (QED) is 0.532. The van der Waals surface area contributed by atoms with Gasteiger partial charge in [-0.15, -0.1) is 0 Å². The summed E-state index contributed by atoms with van der Waals surface area (Å²) in [6.07, 6.45) is -1.50. The van der Waals surface area contributed by atoms with Crippen LogP contribution in [0.2, 0.25) is 0 Å². The number of aryl methyl sites for hydroxylation is 1. The van der Waals surface area contributed by atoms with E-state index in [0.29, 0.717) is 30.0 Å². The molecule has 2 atom stereocenters. The van der Waals surface area contributed by atoms with Crippen LogP contribution in [0, 0.1) is 6.92 Å². The van der Waals surface area contributed by atoms with Gasteiger partial charge in [0.1, 0.15) is 18.5 Å². The summed E-state index contributed by atoms with van der Waals surface area (Å²) in [7, 11) is 0. The van der Waals surface area contributed by atoms with Gasteiger partial charge in [0.05, 0.1) is 6.61 Å². The Labute approximate surface area is 171 Å². The standard InChI is InChI=1S/C22H29NO6/c1-3-27-20(12-13-24)21(17-6-10-19(11-7-17)28-15-14-25)29-22(26)23-18-8-4-16(2)5-9-18/h4-11,20-21,24-25H,3,12-15H2,1-2H3,(H,23,26)/t20-,21-/m0/s1. The van der Waals surface area contributed by atoms with Gasteiger partial charge < -0.3 is 24.4 Å². The molecule has 7 nitrogen and oxygen atoms in total. The predicted octanol–water partition coefficient (Wildman–Crippen LogP) is 3.44. The minimum absolute atomic E-state index is 0.0738. The molecule has 0 unspecified atom stereocenters. The normalized spacial score (nSPS) is 12.8. The van der Waals surface area contributed by atoms with E-state index in [0.717, 1.165) is 5.56 Å². The molecule has 1 amide bonds. The molecule has 7 heteroatoms. The van der Waals surface area contributed by atoms with E-state index in [4.69, 9.17) is 19.3 Å². The summed E-state index contributed by atoms with van der Waals surface area (Å²) >= 11 is 0. The van der Waals surface area contributed by atoms with Crippen LogP contribution in [0.1, 0.15) is 30.6 Å². The molecule has 0 heterocycles. The zero-order valence-corrected chi connectivity index (χ0v) is 16.8. The van der Waals surface area contributed by atoms with Crippen LogP contribution in [-0.4, -0.2) is 48.8 Å². The summed E-state index contributed by atoms with van der Waals surface area (Å²) in [5.74, 6) is 0.598. The number of carbonyl (C=O) groups is 1. The Kier molecular flexibility index (Phi) is 9.43. The molecule has 0 saturated carbocycles. The fourth-order valence-electron chi connectivity index (χ4n) is 2.84. The summed E-state index contributed by atoms with van der Waals surface area (Å²) in [5.41, 5.74) is 2.43. The monoisotopic (exact) mass is 403 g/mol. The van der Waals surface area contributed by atoms with Gasteiger partial charge in [0.2, 0.25) is 0 Å². The number of ether oxygens (including phenoxy) is 3. The fourth-order valence-corrected chi connectivity index (χ4v) is 2.84. The second-order valence-corrected chi connectivity index (χ2v) is 6.46. The van der Waals surface area contributed by atoms with Crippen molar-refractivity contribution in [3.63, 3.8) is 0 Å². The first-order valence-electron chi connectivity index (χ1n) is 9.67. The maximum atomic E-state index is 12.5. The van der Waals surface area contributed by atoms with Crippen molar-refractivity contribution in [1.29, 1.82) is 0 Å². The maximum absolute atomic E-state index is 12.5. The lowest BCUT2D eigenvalue weighted by atomic mass is 10.0. The number of carbonyl (C=O) groups excluding carboxylic acids is 1. The molecule has 0 aliphatic rings. The van der Waals surface area contributed by atoms with Crippen LogP contribution in [0.25, 0.3) is 0 Å². The van der Waals surface area contributed by atoms with Crippen LogP contribution in [0.4, 0.5) is 10.5 Å². The van der Waals surface area contributed by atoms with Gasteiger partial charge >= 0.3 is 6.09 Å². The lowest BCUT2D eigenvalue weighted by Crippen LogP contribution is -2.29. The van der Waals surface area contributed by atoms with Crippen molar-refractivity contribution in [2.45, 2.75) is 32.5 Å². The third-order valence-corrected chi connectivity index (χ3v) is 4.23. The first-order valence-corrected chi connectivity index (χ1v) is 9.67. The summed E-state index contributed by atoms with van der Waals surface area (Å²) in [5, 5.41) is 21.0. The van der Waals surface area contributed by atoms with Gasteiger partial charge in [-0.2, -0.15) is 0 Å². The zero-order chi connectivity index (χ0) is 21.1. The molecule has 0 aliphatic carbocycles. The average Bonchev–Trinajstić information content (AvgIpc) is 2.72. The Morgan fingerprint density at radius 1 is 1.03 bits per heavy atom. The second-order valence-electron chi connectivity index (χ2n) is 6.46. The van der Waals surface area contributed by atoms with Crippen molar-refractivity contribution in [2.24, 2.45) is 0 Å². The van der Waals surface area contributed by atoms with Gasteiger partial charge in [-0.3, -0.25) is 5.32 Å². The second kappa shape index (κ2) is 12.1. The molecule has 0 fully saturated rings. The van der Waals surface area contributed by atoms with Gasteiger partial charge in [-0.25, -0.2) is 4.79 Å². The number of benzene rings is 2. The number of nitrogens with one attached hydrogen (secondary N) is 1. The molecular weight excluding hydrogens is 374 g/mol. The summed E-state index contributed by atoms with van der Waals surface area (Å²) in [6.45, 7) is 4.26. The summed E-state index contributed by atoms with van der Waals surface area (Å²) < 4.78 is 16.8. The number of hydrogen-bond acceptors (Lipinski definition) is 6. The Bertz CT molecular complexity index is 726. The Balaban J connectivity index is 2.17. The van der Waals surface area contributed by atoms with Crippen molar-refractivity contribution in [1.82, 2.24) is 0 Å². The first-order chi connectivity index (χ1) is 14.1. The minimum Gasteiger partial charge on any atom is -0.491 e. The van der Waals surface area contributed by atoms with Crippen LogP contribution >= 0.6 is 0 Å². The van der Waals surface area contributed by atoms with Gasteiger partial charge in [-0.1, -0.05) is 29.8 Å². The van der Waals surface area contributed by atoms with Crippen molar-refractivity contribution >= 4 is 11.8 Å². The molecule has 3 N–H and O–H groups in total. The molecule has 2 aromatic carbocycles. The molecular formula is C22H29NO6. The maximum Gasteiger partial charge on any atom is 0.412 e. The predicted molar refractivity (Wildman–Crippen MR) is 110 cm³/mol. The molecule has 29 heavy (non-hydrogen) atoms. The lowest BCUT2D eigenvalue weighted by molar-refractivity contribution is -0.0484. The molecule has 0 bridgehead atoms. The molecule has 2 aromatic rings. The van der Waals surface area contributed by atoms with Gasteiger partial charge in [0.25, 0.3) is 0 Å². The Hall–Kier alpha value is -2.61. The van der Waals surface area contributed by atoms with Crippen molar-refractivity contribution in [3.8, 4) is 5.75 Å². The zero-order valence-electron chi connectivity index (χ0n) is 16.8. The number of amides is 1. The van der Waals surface area contributed by atoms with E-state index in [9.17, 15) is 9.90 Å². The largest absolute Gasteiger partial charge is 0.491 e. The van der Waals surface area contributed by atoms with Crippen molar-refractivity contribution < 1.29 is 29.2 Å². The van der Waals surface area contributed by atoms with Gasteiger partial charge in [0.15, 0.2) is 6.10 Å². The van der Waals surface area contributed by atoms with Gasteiger partial charge in [-0.05, 0) is 43.7 Å². The fraction of sp³-hybridized carbons (Fsp3) is 0.409. The Morgan fingerprint density at radius 2 is 1.72 bits per heavy atom. The highest BCUT2D eigenvalue weighted by Crippen LogP contribution is 2.28. The van der Waals surface area contributed by atoms with E-state index in [1.165, 1.54) is 0 Å². The third-order valence-electron chi connectivity index (χ3n) is 4.23. The molecule has 158 valence electrons. The van der Waals surface area contributed by atoms with E-state index in [2.05, 4.69) is 5.32 Å². The highest BCUT2D eigenvalue weighted by atomic mass is 16.6. The third kappa shape index (κ3) is 7.38. The number of aliphatic hydroxyl groups excluding tert-OH is 2. The minimum atomic E-state index is -0.709. The van der Waals surface area contributed by atoms with Crippen LogP contribution in [0.3, 0.4) is 0 Å². The number of hydrogen-bond donors (Lipinski definition) is 3. The average molecular weight is 403 g/mol. The Morgan fingerprint density at radius 3 is 2.31 bits per heavy atom. The highest BCUT2D eigenvalue weighted by molar-refractivity contribution is 5.84. The van der Waals surface area contributed by atoms with E-state index in [1.54, 1.807) is 36.4 Å². The van der Waals surface area contributed by atoms with Crippen molar-refractivity contribution in [2.75, 3.05) is 31.7 Å². The molecule has 2 rings (SSSR count).